The molecule has 1 saturated heterocycles. The van der Waals surface area contributed by atoms with E-state index in [0.717, 1.165) is 6.54 Å². The molecule has 1 fully saturated rings. The summed E-state index contributed by atoms with van der Waals surface area (Å²) in [7, 11) is 0. The lowest BCUT2D eigenvalue weighted by Gasteiger charge is -2.36. The van der Waals surface area contributed by atoms with Crippen LogP contribution in [0.2, 0.25) is 0 Å². The zero-order chi connectivity index (χ0) is 16.6. The van der Waals surface area contributed by atoms with Crippen LogP contribution in [0.3, 0.4) is 0 Å². The summed E-state index contributed by atoms with van der Waals surface area (Å²) in [5.41, 5.74) is 0.733. The van der Waals surface area contributed by atoms with E-state index < -0.39 is 11.6 Å². The smallest absolute Gasteiger partial charge is 0.330 e. The molecule has 0 aromatic carbocycles. The number of aromatic nitrogens is 4. The lowest BCUT2D eigenvalue weighted by Crippen LogP contribution is -2.56. The highest BCUT2D eigenvalue weighted by Crippen LogP contribution is 2.25. The first-order chi connectivity index (χ1) is 10.8. The number of carbonyl (C=O) groups is 1. The monoisotopic (exact) mass is 382 g/mol. The van der Waals surface area contributed by atoms with Crippen LogP contribution in [-0.2, 0) is 9.53 Å². The van der Waals surface area contributed by atoms with Crippen LogP contribution in [0.4, 0.5) is 5.82 Å². The van der Waals surface area contributed by atoms with Crippen molar-refractivity contribution in [3.05, 3.63) is 11.1 Å². The maximum absolute atomic E-state index is 12.6. The van der Waals surface area contributed by atoms with Crippen molar-refractivity contribution in [1.29, 1.82) is 0 Å². The van der Waals surface area contributed by atoms with Gasteiger partial charge < -0.3 is 19.9 Å². The summed E-state index contributed by atoms with van der Waals surface area (Å²) in [5.74, 6) is 0.389. The molecule has 8 nitrogen and oxygen atoms in total. The number of imidazole rings is 1. The maximum atomic E-state index is 12.6. The second kappa shape index (κ2) is 6.04. The average molecular weight is 383 g/mol. The van der Waals surface area contributed by atoms with E-state index in [0.29, 0.717) is 34.8 Å². The molecular weight excluding hydrogens is 364 g/mol. The third-order valence-electron chi connectivity index (χ3n) is 3.43. The van der Waals surface area contributed by atoms with E-state index in [-0.39, 0.29) is 5.97 Å². The van der Waals surface area contributed by atoms with E-state index >= 15 is 0 Å². The number of fused-ring (bicyclic) bond motifs is 1. The topological polar surface area (TPSA) is 96.0 Å². The fourth-order valence-electron chi connectivity index (χ4n) is 2.54. The quantitative estimate of drug-likeness (QED) is 0.595. The van der Waals surface area contributed by atoms with Gasteiger partial charge in [0.25, 0.3) is 0 Å². The molecule has 1 aliphatic rings. The van der Waals surface area contributed by atoms with Crippen molar-refractivity contribution >= 4 is 38.9 Å². The van der Waals surface area contributed by atoms with Crippen molar-refractivity contribution in [2.45, 2.75) is 32.4 Å². The zero-order valence-corrected chi connectivity index (χ0v) is 14.8. The first-order valence-corrected chi connectivity index (χ1v) is 8.21. The van der Waals surface area contributed by atoms with Gasteiger partial charge >= 0.3 is 5.97 Å². The van der Waals surface area contributed by atoms with Crippen molar-refractivity contribution in [3.63, 3.8) is 0 Å². The van der Waals surface area contributed by atoms with Crippen LogP contribution in [0.5, 0.6) is 0 Å². The molecule has 0 aliphatic carbocycles. The maximum Gasteiger partial charge on any atom is 0.330 e. The van der Waals surface area contributed by atoms with Crippen LogP contribution in [-0.4, -0.2) is 57.2 Å². The Labute approximate surface area is 142 Å². The Morgan fingerprint density at radius 3 is 2.96 bits per heavy atom. The molecule has 1 atom stereocenters. The number of nitrogens with zero attached hydrogens (tertiary/aromatic N) is 4. The van der Waals surface area contributed by atoms with Crippen molar-refractivity contribution < 1.29 is 9.53 Å². The number of carbonyl (C=O) groups excluding carboxylic acids is 1. The Hall–Kier alpha value is -1.74. The summed E-state index contributed by atoms with van der Waals surface area (Å²) in [5, 5.41) is 3.23. The predicted molar refractivity (Wildman–Crippen MR) is 89.2 cm³/mol. The fourth-order valence-corrected chi connectivity index (χ4v) is 2.91. The number of halogens is 1. The van der Waals surface area contributed by atoms with Gasteiger partial charge in [-0.25, -0.2) is 19.7 Å². The van der Waals surface area contributed by atoms with Gasteiger partial charge in [-0.2, -0.15) is 0 Å². The van der Waals surface area contributed by atoms with Crippen LogP contribution in [0, 0.1) is 0 Å². The summed E-state index contributed by atoms with van der Waals surface area (Å²) < 4.78 is 6.13. The van der Waals surface area contributed by atoms with Crippen molar-refractivity contribution in [1.82, 2.24) is 25.3 Å². The lowest BCUT2D eigenvalue weighted by molar-refractivity contribution is -0.156. The van der Waals surface area contributed by atoms with Crippen molar-refractivity contribution in [2.24, 2.45) is 0 Å². The van der Waals surface area contributed by atoms with Gasteiger partial charge in [-0.3, -0.25) is 0 Å². The highest BCUT2D eigenvalue weighted by molar-refractivity contribution is 9.10. The number of nitrogens with one attached hydrogen (secondary N) is 2. The highest BCUT2D eigenvalue weighted by atomic mass is 79.9. The average Bonchev–Trinajstić information content (AvgIpc) is 2.85. The second-order valence-corrected chi connectivity index (χ2v) is 7.12. The van der Waals surface area contributed by atoms with E-state index in [9.17, 15) is 4.79 Å². The molecule has 1 aliphatic heterocycles. The summed E-state index contributed by atoms with van der Waals surface area (Å²) in [4.78, 5) is 30.4. The summed E-state index contributed by atoms with van der Waals surface area (Å²) in [6.07, 6.45) is 1.46. The largest absolute Gasteiger partial charge is 0.458 e. The molecule has 3 rings (SSSR count). The molecule has 9 heteroatoms. The number of ether oxygens (including phenoxy) is 1. The summed E-state index contributed by atoms with van der Waals surface area (Å²) >= 11 is 3.31. The Bertz CT molecular complexity index is 726. The van der Waals surface area contributed by atoms with Crippen molar-refractivity contribution in [3.8, 4) is 0 Å². The van der Waals surface area contributed by atoms with Gasteiger partial charge in [0.1, 0.15) is 23.5 Å². The number of anilines is 1. The lowest BCUT2D eigenvalue weighted by atomic mass is 10.1. The van der Waals surface area contributed by atoms with Gasteiger partial charge in [-0.05, 0) is 36.7 Å². The summed E-state index contributed by atoms with van der Waals surface area (Å²) in [6, 6.07) is -0.442. The fraction of sp³-hybridized carbons (Fsp3) is 0.571. The van der Waals surface area contributed by atoms with Crippen LogP contribution in [0.15, 0.2) is 11.1 Å². The first-order valence-electron chi connectivity index (χ1n) is 7.41. The van der Waals surface area contributed by atoms with Crippen LogP contribution in [0.1, 0.15) is 20.8 Å². The zero-order valence-electron chi connectivity index (χ0n) is 13.3. The second-order valence-electron chi connectivity index (χ2n) is 6.37. The van der Waals surface area contributed by atoms with E-state index in [4.69, 9.17) is 4.74 Å². The minimum Gasteiger partial charge on any atom is -0.458 e. The molecule has 2 aromatic heterocycles. The van der Waals surface area contributed by atoms with Gasteiger partial charge in [0, 0.05) is 19.6 Å². The number of H-pyrrole nitrogens is 1. The Morgan fingerprint density at radius 1 is 1.43 bits per heavy atom. The third kappa shape index (κ3) is 3.45. The van der Waals surface area contributed by atoms with Gasteiger partial charge in [0.2, 0.25) is 0 Å². The molecule has 2 N–H and O–H groups in total. The van der Waals surface area contributed by atoms with E-state index in [1.54, 1.807) is 0 Å². The predicted octanol–water partition coefficient (Wildman–Crippen LogP) is 1.24. The molecule has 0 spiro atoms. The molecular formula is C14H19BrN6O2. The van der Waals surface area contributed by atoms with Gasteiger partial charge in [0.05, 0.1) is 0 Å². The van der Waals surface area contributed by atoms with Crippen LogP contribution >= 0.6 is 15.9 Å². The normalized spacial score (nSPS) is 19.1. The molecule has 124 valence electrons. The molecule has 23 heavy (non-hydrogen) atoms. The number of aromatic amines is 1. The Morgan fingerprint density at radius 2 is 2.22 bits per heavy atom. The number of hydrogen-bond donors (Lipinski definition) is 2. The molecule has 2 aromatic rings. The molecule has 0 bridgehead atoms. The van der Waals surface area contributed by atoms with Gasteiger partial charge in [0.15, 0.2) is 16.2 Å². The molecule has 3 heterocycles. The van der Waals surface area contributed by atoms with Crippen molar-refractivity contribution in [2.75, 3.05) is 24.5 Å². The highest BCUT2D eigenvalue weighted by Gasteiger charge is 2.34. The van der Waals surface area contributed by atoms with Crippen LogP contribution < -0.4 is 10.2 Å². The molecule has 0 amide bonds. The van der Waals surface area contributed by atoms with Gasteiger partial charge in [-0.15, -0.1) is 0 Å². The molecule has 0 radical (unpaired) electrons. The summed E-state index contributed by atoms with van der Waals surface area (Å²) in [6.45, 7) is 7.50. The molecule has 1 unspecified atom stereocenters. The number of rotatable bonds is 2. The number of hydrogen-bond acceptors (Lipinski definition) is 7. The standard InChI is InChI=1S/C14H19BrN6O2/c1-14(2,3)23-12(22)8-6-16-4-5-21(8)11-9-10(17-7-18-11)20-13(15)19-9/h7-8,16H,4-6H2,1-3H3,(H,17,18,19,20). The van der Waals surface area contributed by atoms with E-state index in [2.05, 4.69) is 41.2 Å². The number of esters is 1. The van der Waals surface area contributed by atoms with Gasteiger partial charge in [-0.1, -0.05) is 0 Å². The third-order valence-corrected chi connectivity index (χ3v) is 3.81. The van der Waals surface area contributed by atoms with Crippen LogP contribution in [0.25, 0.3) is 11.2 Å². The number of piperazine rings is 1. The molecule has 0 saturated carbocycles. The van der Waals surface area contributed by atoms with E-state index in [1.165, 1.54) is 6.33 Å². The first kappa shape index (κ1) is 16.1. The minimum atomic E-state index is -0.530. The Kier molecular flexibility index (Phi) is 4.24. The Balaban J connectivity index is 1.96. The SMILES string of the molecule is CC(C)(C)OC(=O)C1CNCCN1c1ncnc2nc(Br)[nH]c12. The minimum absolute atomic E-state index is 0.268. The van der Waals surface area contributed by atoms with E-state index in [1.807, 2.05) is 25.7 Å².